The first-order valence-electron chi connectivity index (χ1n) is 6.29. The molecule has 1 aromatic rings. The quantitative estimate of drug-likeness (QED) is 0.857. The molecule has 0 heterocycles. The summed E-state index contributed by atoms with van der Waals surface area (Å²) in [4.78, 5) is 11.8. The van der Waals surface area contributed by atoms with Gasteiger partial charge >= 0.3 is 5.97 Å². The molecular weight excluding hydrogens is 247 g/mol. The van der Waals surface area contributed by atoms with Crippen LogP contribution < -0.4 is 0 Å². The monoisotopic (exact) mass is 268 g/mol. The number of esters is 1. The van der Waals surface area contributed by atoms with Crippen LogP contribution in [0.3, 0.4) is 0 Å². The van der Waals surface area contributed by atoms with Gasteiger partial charge in [0.1, 0.15) is 11.4 Å². The normalized spacial score (nSPS) is 14.9. The second kappa shape index (κ2) is 5.70. The Balaban J connectivity index is 2.84. The van der Waals surface area contributed by atoms with Crippen molar-refractivity contribution >= 4 is 5.97 Å². The third-order valence-electron chi connectivity index (χ3n) is 2.79. The Labute approximate surface area is 113 Å². The predicted octanol–water partition coefficient (Wildman–Crippen LogP) is 3.15. The van der Waals surface area contributed by atoms with Crippen LogP contribution in [0.25, 0.3) is 0 Å². The zero-order valence-electron chi connectivity index (χ0n) is 12.0. The highest BCUT2D eigenvalue weighted by atomic mass is 19.1. The third-order valence-corrected chi connectivity index (χ3v) is 2.79. The molecule has 0 aliphatic rings. The second-order valence-corrected chi connectivity index (χ2v) is 5.78. The van der Waals surface area contributed by atoms with Crippen LogP contribution in [0.15, 0.2) is 18.2 Å². The molecule has 0 spiro atoms. The van der Waals surface area contributed by atoms with Crippen molar-refractivity contribution in [3.8, 4) is 0 Å². The summed E-state index contributed by atoms with van der Waals surface area (Å²) in [5.74, 6) is -1.64. The molecule has 0 radical (unpaired) electrons. The van der Waals surface area contributed by atoms with Gasteiger partial charge in [-0.3, -0.25) is 4.79 Å². The van der Waals surface area contributed by atoms with E-state index in [0.717, 1.165) is 0 Å². The summed E-state index contributed by atoms with van der Waals surface area (Å²) in [5, 5.41) is 10.1. The lowest BCUT2D eigenvalue weighted by atomic mass is 9.96. The van der Waals surface area contributed by atoms with E-state index >= 15 is 0 Å². The molecular formula is C15H21FO3. The van der Waals surface area contributed by atoms with Crippen molar-refractivity contribution in [1.82, 2.24) is 0 Å². The summed E-state index contributed by atoms with van der Waals surface area (Å²) in [5.41, 5.74) is 0.270. The van der Waals surface area contributed by atoms with Crippen LogP contribution in [0.2, 0.25) is 0 Å². The van der Waals surface area contributed by atoms with Crippen molar-refractivity contribution in [1.29, 1.82) is 0 Å². The van der Waals surface area contributed by atoms with Gasteiger partial charge in [-0.05, 0) is 51.8 Å². The molecule has 0 aliphatic heterocycles. The fraction of sp³-hybridized carbons (Fsp3) is 0.533. The first-order valence-corrected chi connectivity index (χ1v) is 6.29. The molecule has 3 nitrogen and oxygen atoms in total. The highest BCUT2D eigenvalue weighted by Crippen LogP contribution is 2.25. The molecule has 4 heteroatoms. The van der Waals surface area contributed by atoms with E-state index in [1.165, 1.54) is 6.07 Å². The summed E-state index contributed by atoms with van der Waals surface area (Å²) in [6.07, 6.45) is -1.08. The number of hydrogen-bond donors (Lipinski definition) is 1. The van der Waals surface area contributed by atoms with Gasteiger partial charge in [-0.1, -0.05) is 12.1 Å². The lowest BCUT2D eigenvalue weighted by Gasteiger charge is -2.24. The first-order chi connectivity index (χ1) is 8.61. The Morgan fingerprint density at radius 3 is 2.42 bits per heavy atom. The topological polar surface area (TPSA) is 46.5 Å². The minimum atomic E-state index is -1.08. The minimum Gasteiger partial charge on any atom is -0.460 e. The molecule has 0 saturated carbocycles. The average Bonchev–Trinajstić information content (AvgIpc) is 2.28. The van der Waals surface area contributed by atoms with Crippen LogP contribution in [0.5, 0.6) is 0 Å². The van der Waals surface area contributed by atoms with E-state index in [1.54, 1.807) is 46.8 Å². The first kappa shape index (κ1) is 15.6. The van der Waals surface area contributed by atoms with Gasteiger partial charge in [0.25, 0.3) is 0 Å². The molecule has 1 rings (SSSR count). The van der Waals surface area contributed by atoms with E-state index < -0.39 is 29.4 Å². The molecule has 0 amide bonds. The number of carbonyl (C=O) groups excluding carboxylic acids is 1. The molecule has 2 atom stereocenters. The SMILES string of the molecule is Cc1ccc(C(O)C(C)C(=O)OC(C)(C)C)cc1F. The van der Waals surface area contributed by atoms with Crippen molar-refractivity contribution < 1.29 is 19.0 Å². The second-order valence-electron chi connectivity index (χ2n) is 5.78. The summed E-state index contributed by atoms with van der Waals surface area (Å²) in [6.45, 7) is 8.49. The number of hydrogen-bond acceptors (Lipinski definition) is 3. The maximum Gasteiger partial charge on any atom is 0.312 e. The van der Waals surface area contributed by atoms with E-state index in [0.29, 0.717) is 11.1 Å². The van der Waals surface area contributed by atoms with Gasteiger partial charge in [-0.25, -0.2) is 4.39 Å². The zero-order valence-corrected chi connectivity index (χ0v) is 12.0. The van der Waals surface area contributed by atoms with Gasteiger partial charge in [0, 0.05) is 0 Å². The summed E-state index contributed by atoms with van der Waals surface area (Å²) >= 11 is 0. The molecule has 1 N–H and O–H groups in total. The molecule has 0 aliphatic carbocycles. The van der Waals surface area contributed by atoms with Crippen LogP contribution in [0.4, 0.5) is 4.39 Å². The number of aliphatic hydroxyl groups excluding tert-OH is 1. The van der Waals surface area contributed by atoms with E-state index in [2.05, 4.69) is 0 Å². The van der Waals surface area contributed by atoms with Crippen LogP contribution in [-0.4, -0.2) is 16.7 Å². The number of ether oxygens (including phenoxy) is 1. The lowest BCUT2D eigenvalue weighted by Crippen LogP contribution is -2.30. The summed E-state index contributed by atoms with van der Waals surface area (Å²) in [7, 11) is 0. The van der Waals surface area contributed by atoms with Gasteiger partial charge in [0.2, 0.25) is 0 Å². The van der Waals surface area contributed by atoms with E-state index in [1.807, 2.05) is 0 Å². The Kier molecular flexibility index (Phi) is 4.69. The highest BCUT2D eigenvalue weighted by molar-refractivity contribution is 5.73. The van der Waals surface area contributed by atoms with Gasteiger partial charge in [0.05, 0.1) is 12.0 Å². The lowest BCUT2D eigenvalue weighted by molar-refractivity contribution is -0.163. The van der Waals surface area contributed by atoms with Gasteiger partial charge < -0.3 is 9.84 Å². The Bertz CT molecular complexity index is 463. The van der Waals surface area contributed by atoms with E-state index in [4.69, 9.17) is 4.74 Å². The van der Waals surface area contributed by atoms with Crippen LogP contribution in [0, 0.1) is 18.7 Å². The maximum atomic E-state index is 13.4. The molecule has 2 unspecified atom stereocenters. The Morgan fingerprint density at radius 2 is 1.95 bits per heavy atom. The molecule has 19 heavy (non-hydrogen) atoms. The summed E-state index contributed by atoms with van der Waals surface area (Å²) < 4.78 is 18.7. The Morgan fingerprint density at radius 1 is 1.37 bits per heavy atom. The Hall–Kier alpha value is -1.42. The molecule has 106 valence electrons. The molecule has 0 saturated heterocycles. The number of benzene rings is 1. The zero-order chi connectivity index (χ0) is 14.8. The van der Waals surface area contributed by atoms with Gasteiger partial charge in [0.15, 0.2) is 0 Å². The summed E-state index contributed by atoms with van der Waals surface area (Å²) in [6, 6.07) is 4.44. The molecule has 1 aromatic carbocycles. The minimum absolute atomic E-state index is 0.376. The molecule has 0 aromatic heterocycles. The van der Waals surface area contributed by atoms with Crippen LogP contribution >= 0.6 is 0 Å². The molecule has 0 fully saturated rings. The fourth-order valence-corrected chi connectivity index (χ4v) is 1.61. The maximum absolute atomic E-state index is 13.4. The van der Waals surface area contributed by atoms with Gasteiger partial charge in [-0.15, -0.1) is 0 Å². The highest BCUT2D eigenvalue weighted by Gasteiger charge is 2.28. The van der Waals surface area contributed by atoms with E-state index in [-0.39, 0.29) is 0 Å². The molecule has 0 bridgehead atoms. The predicted molar refractivity (Wildman–Crippen MR) is 71.1 cm³/mol. The number of rotatable bonds is 3. The van der Waals surface area contributed by atoms with Crippen molar-refractivity contribution in [3.05, 3.63) is 35.1 Å². The smallest absolute Gasteiger partial charge is 0.312 e. The largest absolute Gasteiger partial charge is 0.460 e. The van der Waals surface area contributed by atoms with Crippen LogP contribution in [-0.2, 0) is 9.53 Å². The van der Waals surface area contributed by atoms with Gasteiger partial charge in [-0.2, -0.15) is 0 Å². The number of aryl methyl sites for hydroxylation is 1. The standard InChI is InChI=1S/C15H21FO3/c1-9-6-7-11(8-12(9)16)13(17)10(2)14(18)19-15(3,4)5/h6-8,10,13,17H,1-5H3. The van der Waals surface area contributed by atoms with Crippen molar-refractivity contribution in [2.24, 2.45) is 5.92 Å². The van der Waals surface area contributed by atoms with Crippen LogP contribution in [0.1, 0.15) is 44.9 Å². The van der Waals surface area contributed by atoms with Crippen molar-refractivity contribution in [2.45, 2.75) is 46.3 Å². The fourth-order valence-electron chi connectivity index (χ4n) is 1.61. The van der Waals surface area contributed by atoms with E-state index in [9.17, 15) is 14.3 Å². The number of carbonyl (C=O) groups is 1. The third kappa shape index (κ3) is 4.31. The van der Waals surface area contributed by atoms with Crippen molar-refractivity contribution in [3.63, 3.8) is 0 Å². The number of aliphatic hydroxyl groups is 1. The van der Waals surface area contributed by atoms with Crippen molar-refractivity contribution in [2.75, 3.05) is 0 Å². The number of halogens is 1. The average molecular weight is 268 g/mol.